The van der Waals surface area contributed by atoms with Crippen LogP contribution in [0.3, 0.4) is 0 Å². The van der Waals surface area contributed by atoms with E-state index < -0.39 is 0 Å². The molecule has 0 aliphatic heterocycles. The van der Waals surface area contributed by atoms with Crippen LogP contribution in [0.1, 0.15) is 87.8 Å². The lowest BCUT2D eigenvalue weighted by molar-refractivity contribution is 0.623. The zero-order valence-electron chi connectivity index (χ0n) is 17.3. The molecule has 27 heavy (non-hydrogen) atoms. The second kappa shape index (κ2) is 10.5. The van der Waals surface area contributed by atoms with Crippen molar-refractivity contribution in [3.05, 3.63) is 76.9 Å². The molecule has 0 amide bonds. The fourth-order valence-electron chi connectivity index (χ4n) is 4.69. The van der Waals surface area contributed by atoms with E-state index in [2.05, 4.69) is 68.4 Å². The maximum Gasteiger partial charge on any atom is -0.0117 e. The van der Waals surface area contributed by atoms with Crippen molar-refractivity contribution in [2.45, 2.75) is 78.1 Å². The van der Waals surface area contributed by atoms with Crippen LogP contribution in [-0.4, -0.2) is 0 Å². The van der Waals surface area contributed by atoms with Crippen LogP contribution >= 0.6 is 0 Å². The summed E-state index contributed by atoms with van der Waals surface area (Å²) in [6, 6.07) is 20.0. The molecule has 0 spiro atoms. The zero-order valence-corrected chi connectivity index (χ0v) is 17.3. The Morgan fingerprint density at radius 2 is 1.22 bits per heavy atom. The Labute approximate surface area is 166 Å². The Hall–Kier alpha value is -1.82. The zero-order chi connectivity index (χ0) is 18.9. The lowest BCUT2D eigenvalue weighted by atomic mass is 9.84. The first-order valence-corrected chi connectivity index (χ1v) is 11.1. The Bertz CT molecular complexity index is 688. The highest BCUT2D eigenvalue weighted by Gasteiger charge is 2.22. The van der Waals surface area contributed by atoms with Gasteiger partial charge in [-0.3, -0.25) is 0 Å². The minimum Gasteiger partial charge on any atom is -0.0622 e. The molecule has 0 atom stereocenters. The molecule has 2 fully saturated rings. The van der Waals surface area contributed by atoms with E-state index in [1.54, 1.807) is 5.57 Å². The molecule has 0 N–H and O–H groups in total. The minimum absolute atomic E-state index is 0.779. The summed E-state index contributed by atoms with van der Waals surface area (Å²) in [6.07, 6.45) is 14.2. The second-order valence-electron chi connectivity index (χ2n) is 8.23. The summed E-state index contributed by atoms with van der Waals surface area (Å²) in [5.41, 5.74) is 7.22. The highest BCUT2D eigenvalue weighted by atomic mass is 14.3. The first kappa shape index (κ1) is 19.9. The van der Waals surface area contributed by atoms with Gasteiger partial charge in [-0.05, 0) is 48.8 Å². The molecule has 2 aliphatic rings. The first-order valence-electron chi connectivity index (χ1n) is 11.1. The minimum atomic E-state index is 0.779. The molecule has 2 aliphatic carbocycles. The van der Waals surface area contributed by atoms with Crippen LogP contribution in [0.25, 0.3) is 5.57 Å². The van der Waals surface area contributed by atoms with E-state index in [1.807, 2.05) is 0 Å². The summed E-state index contributed by atoms with van der Waals surface area (Å²) in [6.45, 7) is 4.48. The van der Waals surface area contributed by atoms with Crippen LogP contribution in [0, 0.1) is 12.8 Å². The number of aryl methyl sites for hydroxylation is 1. The van der Waals surface area contributed by atoms with Crippen molar-refractivity contribution < 1.29 is 0 Å². The van der Waals surface area contributed by atoms with E-state index >= 15 is 0 Å². The van der Waals surface area contributed by atoms with Crippen molar-refractivity contribution in [2.24, 2.45) is 5.92 Å². The van der Waals surface area contributed by atoms with E-state index in [9.17, 15) is 0 Å². The van der Waals surface area contributed by atoms with E-state index in [1.165, 1.54) is 80.1 Å². The van der Waals surface area contributed by atoms with Gasteiger partial charge >= 0.3 is 0 Å². The molecule has 2 aromatic carbocycles. The lowest BCUT2D eigenvalue weighted by Gasteiger charge is -2.21. The predicted octanol–water partition coefficient (Wildman–Crippen LogP) is 8.35. The average Bonchev–Trinajstić information content (AvgIpc) is 3.44. The van der Waals surface area contributed by atoms with Gasteiger partial charge in [0.2, 0.25) is 0 Å². The van der Waals surface area contributed by atoms with E-state index in [0.29, 0.717) is 0 Å². The molecule has 0 bridgehead atoms. The molecular weight excluding hydrogens is 324 g/mol. The quantitative estimate of drug-likeness (QED) is 0.514. The summed E-state index contributed by atoms with van der Waals surface area (Å²) in [5.74, 6) is 0.779. The normalized spacial score (nSPS) is 18.0. The summed E-state index contributed by atoms with van der Waals surface area (Å²) >= 11 is 0. The summed E-state index contributed by atoms with van der Waals surface area (Å²) in [5, 5.41) is 0. The number of hydrogen-bond acceptors (Lipinski definition) is 0. The van der Waals surface area contributed by atoms with Gasteiger partial charge in [-0.15, -0.1) is 0 Å². The molecule has 2 saturated carbocycles. The number of rotatable bonds is 4. The van der Waals surface area contributed by atoms with Crippen molar-refractivity contribution in [3.63, 3.8) is 0 Å². The maximum absolute atomic E-state index is 2.32. The Morgan fingerprint density at radius 3 is 1.74 bits per heavy atom. The van der Waals surface area contributed by atoms with Gasteiger partial charge in [0.05, 0.1) is 0 Å². The highest BCUT2D eigenvalue weighted by molar-refractivity contribution is 5.82. The summed E-state index contributed by atoms with van der Waals surface area (Å²) in [7, 11) is 0. The van der Waals surface area contributed by atoms with Gasteiger partial charge in [-0.25, -0.2) is 0 Å². The molecule has 0 unspecified atom stereocenters. The van der Waals surface area contributed by atoms with Crippen LogP contribution in [0.2, 0.25) is 0 Å². The molecular formula is C27H36. The summed E-state index contributed by atoms with van der Waals surface area (Å²) in [4.78, 5) is 0. The largest absolute Gasteiger partial charge is 0.0622 e. The third kappa shape index (κ3) is 5.58. The summed E-state index contributed by atoms with van der Waals surface area (Å²) < 4.78 is 0. The predicted molar refractivity (Wildman–Crippen MR) is 119 cm³/mol. The van der Waals surface area contributed by atoms with Gasteiger partial charge in [0.25, 0.3) is 0 Å². The molecule has 0 saturated heterocycles. The van der Waals surface area contributed by atoms with Gasteiger partial charge in [0.1, 0.15) is 0 Å². The van der Waals surface area contributed by atoms with Crippen LogP contribution in [0.5, 0.6) is 0 Å². The van der Waals surface area contributed by atoms with Crippen LogP contribution in [0.4, 0.5) is 0 Å². The molecule has 0 aromatic heterocycles. The molecule has 0 heteroatoms. The number of benzene rings is 2. The van der Waals surface area contributed by atoms with Crippen LogP contribution in [-0.2, 0) is 0 Å². The highest BCUT2D eigenvalue weighted by Crippen LogP contribution is 2.39. The fourth-order valence-corrected chi connectivity index (χ4v) is 4.69. The smallest absolute Gasteiger partial charge is 0.0117 e. The Morgan fingerprint density at radius 1 is 0.704 bits per heavy atom. The maximum atomic E-state index is 2.32. The van der Waals surface area contributed by atoms with E-state index in [-0.39, 0.29) is 0 Å². The Kier molecular flexibility index (Phi) is 7.75. The first-order chi connectivity index (χ1) is 13.3. The van der Waals surface area contributed by atoms with Gasteiger partial charge in [0.15, 0.2) is 0 Å². The fraction of sp³-hybridized carbons (Fsp3) is 0.481. The standard InChI is InChI=1S/C22H26.C5H10/c1-3-21(18-9-7-8-10-18)22(19-11-5-4-6-12-19)20-15-13-17(2)14-16-20;1-2-4-5-3-1/h4-6,11-16,18H,3,7-10H2,1-2H3;1-5H2/b22-21+;. The third-order valence-electron chi connectivity index (χ3n) is 6.20. The molecule has 4 rings (SSSR count). The number of allylic oxidation sites excluding steroid dienone is 1. The molecule has 144 valence electrons. The monoisotopic (exact) mass is 360 g/mol. The van der Waals surface area contributed by atoms with Crippen molar-refractivity contribution in [2.75, 3.05) is 0 Å². The average molecular weight is 361 g/mol. The molecule has 0 heterocycles. The van der Waals surface area contributed by atoms with Crippen molar-refractivity contribution in [3.8, 4) is 0 Å². The SMILES string of the molecule is C1CCCC1.CC/C(=C(/c1ccccc1)c1ccc(C)cc1)C1CCCC1. The second-order valence-corrected chi connectivity index (χ2v) is 8.23. The Balaban J connectivity index is 0.000000364. The topological polar surface area (TPSA) is 0 Å². The van der Waals surface area contributed by atoms with Gasteiger partial charge in [-0.2, -0.15) is 0 Å². The third-order valence-corrected chi connectivity index (χ3v) is 6.20. The number of hydrogen-bond donors (Lipinski definition) is 0. The lowest BCUT2D eigenvalue weighted by Crippen LogP contribution is -2.03. The van der Waals surface area contributed by atoms with Crippen LogP contribution < -0.4 is 0 Å². The molecule has 2 aromatic rings. The van der Waals surface area contributed by atoms with Crippen molar-refractivity contribution in [1.82, 2.24) is 0 Å². The van der Waals surface area contributed by atoms with Crippen LogP contribution in [0.15, 0.2) is 60.2 Å². The van der Waals surface area contributed by atoms with Crippen molar-refractivity contribution >= 4 is 5.57 Å². The van der Waals surface area contributed by atoms with E-state index in [0.717, 1.165) is 12.3 Å². The molecule has 0 nitrogen and oxygen atoms in total. The van der Waals surface area contributed by atoms with E-state index in [4.69, 9.17) is 0 Å². The molecule has 0 radical (unpaired) electrons. The van der Waals surface area contributed by atoms with Crippen molar-refractivity contribution in [1.29, 1.82) is 0 Å². The van der Waals surface area contributed by atoms with Gasteiger partial charge < -0.3 is 0 Å². The van der Waals surface area contributed by atoms with Gasteiger partial charge in [-0.1, -0.05) is 118 Å². The van der Waals surface area contributed by atoms with Gasteiger partial charge in [0, 0.05) is 0 Å².